The Morgan fingerprint density at radius 1 is 1.12 bits per heavy atom. The van der Waals surface area contributed by atoms with Crippen molar-refractivity contribution in [2.24, 2.45) is 5.73 Å². The standard InChI is InChI=1S/C18H16FN3O3/c19-15-4-2-1-3-13(15)8-5-12-6-9-14(10-7-12)17(23)21-16(11-20)18(24)22-25/h1-4,6-7,9-10,16,25H,11,20H2,(H,21,23)(H,22,24)/t16-/m0/s1. The fourth-order valence-corrected chi connectivity index (χ4v) is 1.96. The fourth-order valence-electron chi connectivity index (χ4n) is 1.96. The number of nitrogens with one attached hydrogen (secondary N) is 2. The summed E-state index contributed by atoms with van der Waals surface area (Å²) >= 11 is 0. The molecule has 0 spiro atoms. The van der Waals surface area contributed by atoms with Gasteiger partial charge in [0.25, 0.3) is 11.8 Å². The highest BCUT2D eigenvalue weighted by atomic mass is 19.1. The Bertz CT molecular complexity index is 825. The average molecular weight is 341 g/mol. The van der Waals surface area contributed by atoms with E-state index in [1.807, 2.05) is 0 Å². The molecule has 0 fully saturated rings. The summed E-state index contributed by atoms with van der Waals surface area (Å²) in [5.74, 6) is 3.80. The summed E-state index contributed by atoms with van der Waals surface area (Å²) in [6, 6.07) is 11.4. The van der Waals surface area contributed by atoms with E-state index in [1.54, 1.807) is 30.3 Å². The first-order chi connectivity index (χ1) is 12.0. The van der Waals surface area contributed by atoms with Crippen molar-refractivity contribution >= 4 is 11.8 Å². The van der Waals surface area contributed by atoms with Gasteiger partial charge in [0, 0.05) is 17.7 Å². The molecule has 0 heterocycles. The van der Waals surface area contributed by atoms with Crippen LogP contribution in [0, 0.1) is 17.7 Å². The normalized spacial score (nSPS) is 11.0. The largest absolute Gasteiger partial charge is 0.339 e. The number of hydrogen-bond acceptors (Lipinski definition) is 4. The molecule has 7 heteroatoms. The third-order valence-corrected chi connectivity index (χ3v) is 3.33. The molecule has 0 aromatic heterocycles. The van der Waals surface area contributed by atoms with E-state index in [0.717, 1.165) is 0 Å². The molecule has 0 unspecified atom stereocenters. The Labute approximate surface area is 143 Å². The molecule has 0 saturated heterocycles. The number of rotatable bonds is 4. The van der Waals surface area contributed by atoms with E-state index in [9.17, 15) is 14.0 Å². The molecule has 1 atom stereocenters. The van der Waals surface area contributed by atoms with Crippen molar-refractivity contribution in [3.63, 3.8) is 0 Å². The number of hydroxylamine groups is 1. The lowest BCUT2D eigenvalue weighted by Crippen LogP contribution is -2.50. The molecule has 2 rings (SSSR count). The van der Waals surface area contributed by atoms with Gasteiger partial charge >= 0.3 is 0 Å². The van der Waals surface area contributed by atoms with Crippen molar-refractivity contribution in [1.29, 1.82) is 0 Å². The van der Waals surface area contributed by atoms with Gasteiger partial charge in [0.2, 0.25) is 0 Å². The molecule has 5 N–H and O–H groups in total. The molecular formula is C18H16FN3O3. The van der Waals surface area contributed by atoms with Crippen LogP contribution in [0.5, 0.6) is 0 Å². The van der Waals surface area contributed by atoms with Crippen molar-refractivity contribution in [3.8, 4) is 11.8 Å². The zero-order valence-electron chi connectivity index (χ0n) is 13.1. The summed E-state index contributed by atoms with van der Waals surface area (Å²) in [6.07, 6.45) is 0. The smallest absolute Gasteiger partial charge is 0.267 e. The highest BCUT2D eigenvalue weighted by molar-refractivity contribution is 5.97. The zero-order chi connectivity index (χ0) is 18.2. The summed E-state index contributed by atoms with van der Waals surface area (Å²) < 4.78 is 13.5. The van der Waals surface area contributed by atoms with Gasteiger partial charge in [-0.1, -0.05) is 24.0 Å². The Morgan fingerprint density at radius 2 is 1.80 bits per heavy atom. The Hall–Kier alpha value is -3.21. The van der Waals surface area contributed by atoms with Crippen LogP contribution in [0.4, 0.5) is 4.39 Å². The van der Waals surface area contributed by atoms with Gasteiger partial charge in [0.1, 0.15) is 11.9 Å². The predicted octanol–water partition coefficient (Wildman–Crippen LogP) is 0.788. The van der Waals surface area contributed by atoms with E-state index in [1.165, 1.54) is 23.7 Å². The minimum absolute atomic E-state index is 0.162. The van der Waals surface area contributed by atoms with Gasteiger partial charge in [-0.3, -0.25) is 14.8 Å². The van der Waals surface area contributed by atoms with E-state index >= 15 is 0 Å². The fraction of sp³-hybridized carbons (Fsp3) is 0.111. The molecule has 0 aliphatic carbocycles. The van der Waals surface area contributed by atoms with Crippen molar-refractivity contribution in [2.75, 3.05) is 6.54 Å². The Kier molecular flexibility index (Phi) is 6.23. The second-order valence-corrected chi connectivity index (χ2v) is 5.05. The third kappa shape index (κ3) is 4.88. The van der Waals surface area contributed by atoms with E-state index in [2.05, 4.69) is 17.2 Å². The van der Waals surface area contributed by atoms with Crippen LogP contribution in [0.15, 0.2) is 48.5 Å². The molecule has 2 aromatic rings. The van der Waals surface area contributed by atoms with Gasteiger partial charge in [0.05, 0.1) is 5.56 Å². The molecule has 25 heavy (non-hydrogen) atoms. The summed E-state index contributed by atoms with van der Waals surface area (Å²) in [6.45, 7) is -0.162. The molecule has 2 aromatic carbocycles. The molecule has 0 aliphatic rings. The monoisotopic (exact) mass is 341 g/mol. The highest BCUT2D eigenvalue weighted by Crippen LogP contribution is 2.07. The van der Waals surface area contributed by atoms with Crippen LogP contribution in [-0.2, 0) is 4.79 Å². The van der Waals surface area contributed by atoms with Crippen LogP contribution in [0.3, 0.4) is 0 Å². The number of halogens is 1. The van der Waals surface area contributed by atoms with Crippen LogP contribution in [0.25, 0.3) is 0 Å². The maximum Gasteiger partial charge on any atom is 0.267 e. The number of carbonyl (C=O) groups excluding carboxylic acids is 2. The van der Waals surface area contributed by atoms with Crippen molar-refractivity contribution < 1.29 is 19.2 Å². The quantitative estimate of drug-likeness (QED) is 0.375. The molecule has 0 saturated carbocycles. The number of nitrogens with two attached hydrogens (primary N) is 1. The zero-order valence-corrected chi connectivity index (χ0v) is 13.1. The first-order valence-corrected chi connectivity index (χ1v) is 7.36. The van der Waals surface area contributed by atoms with Gasteiger partial charge in [-0.05, 0) is 36.4 Å². The van der Waals surface area contributed by atoms with Crippen LogP contribution in [0.1, 0.15) is 21.5 Å². The van der Waals surface area contributed by atoms with Gasteiger partial charge in [-0.25, -0.2) is 9.87 Å². The SMILES string of the molecule is NC[C@H](NC(=O)c1ccc(C#Cc2ccccc2F)cc1)C(=O)NO. The minimum atomic E-state index is -1.04. The average Bonchev–Trinajstić information content (AvgIpc) is 2.65. The summed E-state index contributed by atoms with van der Waals surface area (Å²) in [5, 5.41) is 11.0. The van der Waals surface area contributed by atoms with Crippen molar-refractivity contribution in [1.82, 2.24) is 10.8 Å². The number of hydrogen-bond donors (Lipinski definition) is 4. The van der Waals surface area contributed by atoms with Crippen molar-refractivity contribution in [2.45, 2.75) is 6.04 Å². The summed E-state index contributed by atoms with van der Waals surface area (Å²) in [5.41, 5.74) is 7.98. The topological polar surface area (TPSA) is 104 Å². The minimum Gasteiger partial charge on any atom is -0.339 e. The molecule has 0 radical (unpaired) electrons. The number of benzene rings is 2. The van der Waals surface area contributed by atoms with E-state index < -0.39 is 23.7 Å². The first-order valence-electron chi connectivity index (χ1n) is 7.36. The van der Waals surface area contributed by atoms with Crippen LogP contribution >= 0.6 is 0 Å². The van der Waals surface area contributed by atoms with Crippen LogP contribution < -0.4 is 16.5 Å². The molecule has 0 bridgehead atoms. The van der Waals surface area contributed by atoms with Crippen molar-refractivity contribution in [3.05, 3.63) is 71.0 Å². The Balaban J connectivity index is 2.08. The highest BCUT2D eigenvalue weighted by Gasteiger charge is 2.19. The van der Waals surface area contributed by atoms with E-state index in [-0.39, 0.29) is 12.1 Å². The van der Waals surface area contributed by atoms with Gasteiger partial charge in [-0.2, -0.15) is 0 Å². The van der Waals surface area contributed by atoms with Gasteiger partial charge in [0.15, 0.2) is 0 Å². The second kappa shape index (κ2) is 8.59. The Morgan fingerprint density at radius 3 is 2.40 bits per heavy atom. The maximum atomic E-state index is 13.5. The lowest BCUT2D eigenvalue weighted by atomic mass is 10.1. The van der Waals surface area contributed by atoms with Crippen LogP contribution in [-0.4, -0.2) is 29.6 Å². The predicted molar refractivity (Wildman–Crippen MR) is 89.1 cm³/mol. The number of amides is 2. The lowest BCUT2D eigenvalue weighted by molar-refractivity contribution is -0.130. The maximum absolute atomic E-state index is 13.5. The van der Waals surface area contributed by atoms with Gasteiger partial charge in [-0.15, -0.1) is 0 Å². The number of carbonyl (C=O) groups is 2. The lowest BCUT2D eigenvalue weighted by Gasteiger charge is -2.14. The molecule has 2 amide bonds. The first kappa shape index (κ1) is 18.1. The third-order valence-electron chi connectivity index (χ3n) is 3.33. The van der Waals surface area contributed by atoms with Gasteiger partial charge < -0.3 is 11.1 Å². The molecule has 128 valence electrons. The molecular weight excluding hydrogens is 325 g/mol. The second-order valence-electron chi connectivity index (χ2n) is 5.05. The van der Waals surface area contributed by atoms with E-state index in [4.69, 9.17) is 10.9 Å². The summed E-state index contributed by atoms with van der Waals surface area (Å²) in [7, 11) is 0. The van der Waals surface area contributed by atoms with Crippen LogP contribution in [0.2, 0.25) is 0 Å². The molecule has 6 nitrogen and oxygen atoms in total. The van der Waals surface area contributed by atoms with E-state index in [0.29, 0.717) is 11.1 Å². The molecule has 0 aliphatic heterocycles. The summed E-state index contributed by atoms with van der Waals surface area (Å²) in [4.78, 5) is 23.4.